The topological polar surface area (TPSA) is 46.2 Å². The molecular formula is C16H16ClNO2S. The number of halogens is 1. The Labute approximate surface area is 132 Å². The van der Waals surface area contributed by atoms with Crippen molar-refractivity contribution in [1.29, 1.82) is 0 Å². The Morgan fingerprint density at radius 1 is 1.19 bits per heavy atom. The number of benzene rings is 1. The number of hydrogen-bond acceptors (Lipinski definition) is 3. The van der Waals surface area contributed by atoms with Crippen molar-refractivity contribution in [2.24, 2.45) is 0 Å². The van der Waals surface area contributed by atoms with Gasteiger partial charge in [0.1, 0.15) is 0 Å². The Morgan fingerprint density at radius 2 is 1.90 bits per heavy atom. The molecule has 1 heterocycles. The largest absolute Gasteiger partial charge is 0.350 e. The van der Waals surface area contributed by atoms with Gasteiger partial charge in [-0.15, -0.1) is 11.3 Å². The highest BCUT2D eigenvalue weighted by Gasteiger charge is 2.13. The van der Waals surface area contributed by atoms with E-state index in [-0.39, 0.29) is 30.6 Å². The third kappa shape index (κ3) is 4.69. The summed E-state index contributed by atoms with van der Waals surface area (Å²) in [6.07, 6.45) is 0.439. The second-order valence-electron chi connectivity index (χ2n) is 4.74. The highest BCUT2D eigenvalue weighted by molar-refractivity contribution is 7.12. The van der Waals surface area contributed by atoms with Crippen LogP contribution >= 0.6 is 22.9 Å². The van der Waals surface area contributed by atoms with Crippen LogP contribution in [0.25, 0.3) is 0 Å². The number of carbonyl (C=O) groups excluding carboxylic acids is 2. The highest BCUT2D eigenvalue weighted by Crippen LogP contribution is 2.17. The standard InChI is InChI=1S/C16H16ClNO2S/c1-11(12-4-6-13(17)7-5-12)18-16(20)9-8-14(19)15-3-2-10-21-15/h2-7,10-11H,8-9H2,1H3,(H,18,20). The van der Waals surface area contributed by atoms with Crippen molar-refractivity contribution in [3.63, 3.8) is 0 Å². The van der Waals surface area contributed by atoms with Gasteiger partial charge in [-0.3, -0.25) is 9.59 Å². The highest BCUT2D eigenvalue weighted by atomic mass is 35.5. The smallest absolute Gasteiger partial charge is 0.220 e. The summed E-state index contributed by atoms with van der Waals surface area (Å²) >= 11 is 7.23. The molecule has 0 bridgehead atoms. The molecule has 1 atom stereocenters. The van der Waals surface area contributed by atoms with Crippen molar-refractivity contribution < 1.29 is 9.59 Å². The van der Waals surface area contributed by atoms with Gasteiger partial charge in [0.05, 0.1) is 10.9 Å². The lowest BCUT2D eigenvalue weighted by molar-refractivity contribution is -0.121. The van der Waals surface area contributed by atoms with Crippen molar-refractivity contribution in [2.45, 2.75) is 25.8 Å². The van der Waals surface area contributed by atoms with E-state index in [0.29, 0.717) is 9.90 Å². The number of carbonyl (C=O) groups is 2. The van der Waals surface area contributed by atoms with Crippen LogP contribution in [0.15, 0.2) is 41.8 Å². The molecule has 0 saturated carbocycles. The van der Waals surface area contributed by atoms with Crippen LogP contribution < -0.4 is 5.32 Å². The summed E-state index contributed by atoms with van der Waals surface area (Å²) in [6, 6.07) is 10.8. The Morgan fingerprint density at radius 3 is 2.52 bits per heavy atom. The molecule has 2 rings (SSSR count). The van der Waals surface area contributed by atoms with Gasteiger partial charge in [0.25, 0.3) is 0 Å². The lowest BCUT2D eigenvalue weighted by Crippen LogP contribution is -2.26. The SMILES string of the molecule is CC(NC(=O)CCC(=O)c1cccs1)c1ccc(Cl)cc1. The molecule has 0 aliphatic heterocycles. The van der Waals surface area contributed by atoms with Crippen LogP contribution in [0, 0.1) is 0 Å². The van der Waals surface area contributed by atoms with Gasteiger partial charge in [0.2, 0.25) is 5.91 Å². The van der Waals surface area contributed by atoms with E-state index in [1.807, 2.05) is 30.5 Å². The fraction of sp³-hybridized carbons (Fsp3) is 0.250. The molecule has 0 spiro atoms. The second-order valence-corrected chi connectivity index (χ2v) is 6.13. The number of amides is 1. The van der Waals surface area contributed by atoms with Gasteiger partial charge >= 0.3 is 0 Å². The molecule has 1 aromatic carbocycles. The zero-order chi connectivity index (χ0) is 15.2. The van der Waals surface area contributed by atoms with Gasteiger partial charge in [-0.25, -0.2) is 0 Å². The van der Waals surface area contributed by atoms with E-state index >= 15 is 0 Å². The molecule has 1 unspecified atom stereocenters. The number of ketones is 1. The molecule has 0 saturated heterocycles. The van der Waals surface area contributed by atoms with Gasteiger partial charge in [0, 0.05) is 17.9 Å². The van der Waals surface area contributed by atoms with E-state index < -0.39 is 0 Å². The van der Waals surface area contributed by atoms with Crippen LogP contribution in [-0.2, 0) is 4.79 Å². The molecule has 1 amide bonds. The van der Waals surface area contributed by atoms with E-state index in [0.717, 1.165) is 5.56 Å². The number of rotatable bonds is 6. The van der Waals surface area contributed by atoms with Crippen LogP contribution in [0.2, 0.25) is 5.02 Å². The molecular weight excluding hydrogens is 306 g/mol. The van der Waals surface area contributed by atoms with E-state index in [2.05, 4.69) is 5.32 Å². The molecule has 0 aliphatic rings. The monoisotopic (exact) mass is 321 g/mol. The number of hydrogen-bond donors (Lipinski definition) is 1. The summed E-state index contributed by atoms with van der Waals surface area (Å²) in [7, 11) is 0. The molecule has 3 nitrogen and oxygen atoms in total. The lowest BCUT2D eigenvalue weighted by Gasteiger charge is -2.14. The summed E-state index contributed by atoms with van der Waals surface area (Å²) in [4.78, 5) is 24.4. The fourth-order valence-corrected chi connectivity index (χ4v) is 2.76. The number of thiophene rings is 1. The normalized spacial score (nSPS) is 11.9. The average Bonchev–Trinajstić information content (AvgIpc) is 2.99. The Kier molecular flexibility index (Phi) is 5.53. The minimum atomic E-state index is -0.123. The van der Waals surface area contributed by atoms with E-state index in [1.54, 1.807) is 18.2 Å². The summed E-state index contributed by atoms with van der Waals surface area (Å²) in [5.74, 6) is -0.110. The molecule has 5 heteroatoms. The Balaban J connectivity index is 1.81. The van der Waals surface area contributed by atoms with Gasteiger partial charge in [-0.1, -0.05) is 29.8 Å². The minimum absolute atomic E-state index is 0.0132. The molecule has 0 radical (unpaired) electrons. The zero-order valence-electron chi connectivity index (χ0n) is 11.6. The third-order valence-electron chi connectivity index (χ3n) is 3.12. The van der Waals surface area contributed by atoms with Crippen LogP contribution in [0.3, 0.4) is 0 Å². The second kappa shape index (κ2) is 7.38. The fourth-order valence-electron chi connectivity index (χ4n) is 1.94. The number of Topliss-reactive ketones (excluding diaryl/α,β-unsaturated/α-hetero) is 1. The maximum atomic E-state index is 11.9. The maximum absolute atomic E-state index is 11.9. The predicted octanol–water partition coefficient (Wildman–Crippen LogP) is 4.24. The first-order valence-corrected chi connectivity index (χ1v) is 7.93. The van der Waals surface area contributed by atoms with Crippen LogP contribution in [-0.4, -0.2) is 11.7 Å². The maximum Gasteiger partial charge on any atom is 0.220 e. The molecule has 0 aliphatic carbocycles. The van der Waals surface area contributed by atoms with Gasteiger partial charge in [0.15, 0.2) is 5.78 Å². The number of nitrogens with one attached hydrogen (secondary N) is 1. The Hall–Kier alpha value is -1.65. The molecule has 2 aromatic rings. The van der Waals surface area contributed by atoms with Gasteiger partial charge in [-0.2, -0.15) is 0 Å². The van der Waals surface area contributed by atoms with Gasteiger partial charge in [-0.05, 0) is 36.1 Å². The quantitative estimate of drug-likeness (QED) is 0.809. The summed E-state index contributed by atoms with van der Waals surface area (Å²) in [6.45, 7) is 1.90. The van der Waals surface area contributed by atoms with Crippen molar-refractivity contribution in [3.05, 3.63) is 57.2 Å². The first kappa shape index (κ1) is 15.7. The molecule has 0 fully saturated rings. The lowest BCUT2D eigenvalue weighted by atomic mass is 10.1. The molecule has 1 N–H and O–H groups in total. The van der Waals surface area contributed by atoms with E-state index in [9.17, 15) is 9.59 Å². The first-order chi connectivity index (χ1) is 10.1. The predicted molar refractivity (Wildman–Crippen MR) is 85.9 cm³/mol. The van der Waals surface area contributed by atoms with Crippen molar-refractivity contribution in [1.82, 2.24) is 5.32 Å². The van der Waals surface area contributed by atoms with Crippen LogP contribution in [0.4, 0.5) is 0 Å². The summed E-state index contributed by atoms with van der Waals surface area (Å²) in [5, 5.41) is 5.41. The molecule has 110 valence electrons. The van der Waals surface area contributed by atoms with Crippen LogP contribution in [0.1, 0.15) is 41.0 Å². The van der Waals surface area contributed by atoms with E-state index in [4.69, 9.17) is 11.6 Å². The summed E-state index contributed by atoms with van der Waals surface area (Å²) in [5.41, 5.74) is 0.984. The summed E-state index contributed by atoms with van der Waals surface area (Å²) < 4.78 is 0. The van der Waals surface area contributed by atoms with Crippen LogP contribution in [0.5, 0.6) is 0 Å². The van der Waals surface area contributed by atoms with Crippen molar-refractivity contribution in [3.8, 4) is 0 Å². The third-order valence-corrected chi connectivity index (χ3v) is 4.29. The Bertz CT molecular complexity index is 608. The van der Waals surface area contributed by atoms with Gasteiger partial charge < -0.3 is 5.32 Å². The minimum Gasteiger partial charge on any atom is -0.350 e. The average molecular weight is 322 g/mol. The first-order valence-electron chi connectivity index (χ1n) is 6.68. The van der Waals surface area contributed by atoms with Crippen molar-refractivity contribution >= 4 is 34.6 Å². The molecule has 21 heavy (non-hydrogen) atoms. The van der Waals surface area contributed by atoms with Crippen molar-refractivity contribution in [2.75, 3.05) is 0 Å². The molecule has 1 aromatic heterocycles. The van der Waals surface area contributed by atoms with E-state index in [1.165, 1.54) is 11.3 Å². The zero-order valence-corrected chi connectivity index (χ0v) is 13.2.